The van der Waals surface area contributed by atoms with E-state index in [1.165, 1.54) is 12.1 Å². The molecule has 0 aliphatic heterocycles. The third-order valence-corrected chi connectivity index (χ3v) is 5.98. The standard InChI is InChI=1S/C22H21NO4S/c1-17-12-14-20(15-13-17)28(25,26)23(19-9-4-3-5-10-19)22(24)16-27-21-11-7-6-8-18(21)2/h3-15H,16H2,1-2H3. The summed E-state index contributed by atoms with van der Waals surface area (Å²) in [5.74, 6) is -0.133. The Hall–Kier alpha value is -3.12. The molecule has 0 fully saturated rings. The minimum Gasteiger partial charge on any atom is -0.483 e. The Balaban J connectivity index is 1.94. The Labute approximate surface area is 165 Å². The van der Waals surface area contributed by atoms with Gasteiger partial charge in [0.15, 0.2) is 6.61 Å². The topological polar surface area (TPSA) is 63.7 Å². The second kappa shape index (κ2) is 8.27. The van der Waals surface area contributed by atoms with Crippen LogP contribution in [0.25, 0.3) is 0 Å². The molecule has 0 radical (unpaired) electrons. The highest BCUT2D eigenvalue weighted by Gasteiger charge is 2.31. The van der Waals surface area contributed by atoms with Crippen LogP contribution in [0, 0.1) is 13.8 Å². The van der Waals surface area contributed by atoms with Crippen molar-refractivity contribution in [3.8, 4) is 5.75 Å². The number of rotatable bonds is 6. The fourth-order valence-corrected chi connectivity index (χ4v) is 4.12. The maximum atomic E-state index is 13.2. The molecule has 0 saturated heterocycles. The number of carbonyl (C=O) groups excluding carboxylic acids is 1. The Morgan fingerprint density at radius 2 is 1.46 bits per heavy atom. The van der Waals surface area contributed by atoms with Crippen molar-refractivity contribution in [2.75, 3.05) is 10.9 Å². The van der Waals surface area contributed by atoms with Crippen LogP contribution in [0.4, 0.5) is 5.69 Å². The normalized spacial score (nSPS) is 11.1. The lowest BCUT2D eigenvalue weighted by Crippen LogP contribution is -2.40. The fourth-order valence-electron chi connectivity index (χ4n) is 2.71. The summed E-state index contributed by atoms with van der Waals surface area (Å²) < 4.78 is 32.8. The monoisotopic (exact) mass is 395 g/mol. The molecule has 0 heterocycles. The van der Waals surface area contributed by atoms with Gasteiger partial charge in [-0.05, 0) is 49.7 Å². The number of amides is 1. The van der Waals surface area contributed by atoms with Crippen LogP contribution in [-0.4, -0.2) is 20.9 Å². The van der Waals surface area contributed by atoms with Gasteiger partial charge in [0, 0.05) is 0 Å². The molecule has 3 aromatic carbocycles. The molecule has 0 bridgehead atoms. The average Bonchev–Trinajstić information content (AvgIpc) is 2.68. The molecule has 0 atom stereocenters. The Morgan fingerprint density at radius 3 is 2.11 bits per heavy atom. The van der Waals surface area contributed by atoms with Gasteiger partial charge in [-0.2, -0.15) is 4.31 Å². The summed E-state index contributed by atoms with van der Waals surface area (Å²) >= 11 is 0. The maximum absolute atomic E-state index is 13.2. The van der Waals surface area contributed by atoms with Crippen LogP contribution in [0.3, 0.4) is 0 Å². The molecule has 3 aromatic rings. The molecule has 6 heteroatoms. The zero-order valence-corrected chi connectivity index (χ0v) is 16.5. The largest absolute Gasteiger partial charge is 0.483 e. The van der Waals surface area contributed by atoms with Gasteiger partial charge in [-0.25, -0.2) is 8.42 Å². The second-order valence-electron chi connectivity index (χ2n) is 6.37. The first-order valence-electron chi connectivity index (χ1n) is 8.78. The SMILES string of the molecule is Cc1ccc(S(=O)(=O)N(C(=O)COc2ccccc2C)c2ccccc2)cc1. The average molecular weight is 395 g/mol. The lowest BCUT2D eigenvalue weighted by atomic mass is 10.2. The lowest BCUT2D eigenvalue weighted by molar-refractivity contribution is -0.119. The van der Waals surface area contributed by atoms with E-state index in [0.29, 0.717) is 5.75 Å². The highest BCUT2D eigenvalue weighted by atomic mass is 32.2. The van der Waals surface area contributed by atoms with Crippen molar-refractivity contribution < 1.29 is 17.9 Å². The number of benzene rings is 3. The van der Waals surface area contributed by atoms with Gasteiger partial charge in [0.05, 0.1) is 10.6 Å². The first-order valence-corrected chi connectivity index (χ1v) is 10.2. The van der Waals surface area contributed by atoms with E-state index in [4.69, 9.17) is 4.74 Å². The number of sulfonamides is 1. The molecule has 144 valence electrons. The Morgan fingerprint density at radius 1 is 0.857 bits per heavy atom. The molecule has 0 saturated carbocycles. The molecule has 0 aliphatic carbocycles. The number of carbonyl (C=O) groups is 1. The van der Waals surface area contributed by atoms with Crippen LogP contribution in [0.2, 0.25) is 0 Å². The quantitative estimate of drug-likeness (QED) is 0.630. The van der Waals surface area contributed by atoms with E-state index in [1.54, 1.807) is 54.6 Å². The van der Waals surface area contributed by atoms with Crippen molar-refractivity contribution in [3.63, 3.8) is 0 Å². The van der Waals surface area contributed by atoms with Gasteiger partial charge in [-0.3, -0.25) is 4.79 Å². The van der Waals surface area contributed by atoms with E-state index in [0.717, 1.165) is 15.4 Å². The minimum absolute atomic E-state index is 0.0474. The predicted molar refractivity (Wildman–Crippen MR) is 109 cm³/mol. The van der Waals surface area contributed by atoms with Gasteiger partial charge >= 0.3 is 0 Å². The predicted octanol–water partition coefficient (Wildman–Crippen LogP) is 4.10. The summed E-state index contributed by atoms with van der Waals surface area (Å²) in [6.07, 6.45) is 0. The van der Waals surface area contributed by atoms with Crippen LogP contribution in [0.5, 0.6) is 5.75 Å². The van der Waals surface area contributed by atoms with Crippen LogP contribution in [0.1, 0.15) is 11.1 Å². The molecule has 1 amide bonds. The van der Waals surface area contributed by atoms with Gasteiger partial charge in [0.2, 0.25) is 0 Å². The molecule has 0 aromatic heterocycles. The van der Waals surface area contributed by atoms with E-state index in [1.807, 2.05) is 26.0 Å². The number of anilines is 1. The van der Waals surface area contributed by atoms with Crippen molar-refractivity contribution >= 4 is 21.6 Å². The third kappa shape index (κ3) is 4.23. The number of ether oxygens (including phenoxy) is 1. The Bertz CT molecular complexity index is 1060. The molecule has 3 rings (SSSR count). The summed E-state index contributed by atoms with van der Waals surface area (Å²) in [5.41, 5.74) is 2.06. The molecular formula is C22H21NO4S. The van der Waals surface area contributed by atoms with Gasteiger partial charge in [0.1, 0.15) is 5.75 Å². The highest BCUT2D eigenvalue weighted by molar-refractivity contribution is 7.93. The Kier molecular flexibility index (Phi) is 5.80. The van der Waals surface area contributed by atoms with Gasteiger partial charge in [-0.1, -0.05) is 54.1 Å². The first-order chi connectivity index (χ1) is 13.4. The lowest BCUT2D eigenvalue weighted by Gasteiger charge is -2.23. The van der Waals surface area contributed by atoms with Crippen LogP contribution < -0.4 is 9.04 Å². The van der Waals surface area contributed by atoms with Gasteiger partial charge in [0.25, 0.3) is 15.9 Å². The number of hydrogen-bond donors (Lipinski definition) is 0. The number of hydrogen-bond acceptors (Lipinski definition) is 4. The van der Waals surface area contributed by atoms with E-state index in [9.17, 15) is 13.2 Å². The summed E-state index contributed by atoms with van der Waals surface area (Å²) in [7, 11) is -4.08. The summed E-state index contributed by atoms with van der Waals surface area (Å²) in [5, 5.41) is 0. The van der Waals surface area contributed by atoms with Crippen LogP contribution in [-0.2, 0) is 14.8 Å². The second-order valence-corrected chi connectivity index (χ2v) is 8.15. The zero-order valence-electron chi connectivity index (χ0n) is 15.7. The maximum Gasteiger partial charge on any atom is 0.278 e. The minimum atomic E-state index is -4.08. The van der Waals surface area contributed by atoms with Crippen LogP contribution >= 0.6 is 0 Å². The zero-order chi connectivity index (χ0) is 20.1. The smallest absolute Gasteiger partial charge is 0.278 e. The van der Waals surface area contributed by atoms with E-state index in [-0.39, 0.29) is 10.6 Å². The van der Waals surface area contributed by atoms with Gasteiger partial charge in [-0.15, -0.1) is 0 Å². The first kappa shape index (κ1) is 19.6. The molecule has 0 unspecified atom stereocenters. The summed E-state index contributed by atoms with van der Waals surface area (Å²) in [6.45, 7) is 3.33. The number of para-hydroxylation sites is 2. The van der Waals surface area contributed by atoms with Crippen molar-refractivity contribution in [3.05, 3.63) is 90.0 Å². The van der Waals surface area contributed by atoms with E-state index >= 15 is 0 Å². The van der Waals surface area contributed by atoms with Crippen LogP contribution in [0.15, 0.2) is 83.8 Å². The summed E-state index contributed by atoms with van der Waals surface area (Å²) in [6, 6.07) is 21.9. The third-order valence-electron chi connectivity index (χ3n) is 4.22. The van der Waals surface area contributed by atoms with E-state index in [2.05, 4.69) is 0 Å². The highest BCUT2D eigenvalue weighted by Crippen LogP contribution is 2.25. The van der Waals surface area contributed by atoms with Crippen molar-refractivity contribution in [2.45, 2.75) is 18.7 Å². The summed E-state index contributed by atoms with van der Waals surface area (Å²) in [4.78, 5) is 13.0. The fraction of sp³-hybridized carbons (Fsp3) is 0.136. The van der Waals surface area contributed by atoms with Crippen molar-refractivity contribution in [2.24, 2.45) is 0 Å². The number of aryl methyl sites for hydroxylation is 2. The van der Waals surface area contributed by atoms with Crippen molar-refractivity contribution in [1.29, 1.82) is 0 Å². The molecule has 0 spiro atoms. The van der Waals surface area contributed by atoms with Gasteiger partial charge < -0.3 is 4.74 Å². The molecule has 28 heavy (non-hydrogen) atoms. The number of nitrogens with zero attached hydrogens (tertiary/aromatic N) is 1. The molecule has 5 nitrogen and oxygen atoms in total. The van der Waals surface area contributed by atoms with E-state index < -0.39 is 22.5 Å². The molecular weight excluding hydrogens is 374 g/mol. The molecule has 0 aliphatic rings. The molecule has 0 N–H and O–H groups in total. The van der Waals surface area contributed by atoms with Crippen molar-refractivity contribution in [1.82, 2.24) is 0 Å².